The molecule has 0 aliphatic heterocycles. The standard InChI is InChI=1S/C17H16F2N2O/c1-17(2)8-12(17)16(22)21-14-7-6-10(9-20-14)11-4-3-5-13(18)15(11)19/h3-7,9,12H,8H2,1-2H3,(H,20,21,22). The molecule has 0 spiro atoms. The van der Waals surface area contributed by atoms with Crippen LogP contribution in [0.25, 0.3) is 11.1 Å². The smallest absolute Gasteiger partial charge is 0.229 e. The Hall–Kier alpha value is -2.30. The first-order valence-corrected chi connectivity index (χ1v) is 7.10. The second-order valence-electron chi connectivity index (χ2n) is 6.27. The highest BCUT2D eigenvalue weighted by Crippen LogP contribution is 2.51. The van der Waals surface area contributed by atoms with Gasteiger partial charge in [0.15, 0.2) is 11.6 Å². The molecule has 1 aromatic heterocycles. The van der Waals surface area contributed by atoms with Gasteiger partial charge in [-0.2, -0.15) is 0 Å². The van der Waals surface area contributed by atoms with Gasteiger partial charge in [0, 0.05) is 23.2 Å². The fourth-order valence-electron chi connectivity index (χ4n) is 2.48. The van der Waals surface area contributed by atoms with E-state index in [2.05, 4.69) is 10.3 Å². The van der Waals surface area contributed by atoms with Crippen LogP contribution in [0.15, 0.2) is 36.5 Å². The second kappa shape index (κ2) is 5.16. The first kappa shape index (κ1) is 14.6. The monoisotopic (exact) mass is 302 g/mol. The Bertz CT molecular complexity index is 726. The lowest BCUT2D eigenvalue weighted by molar-refractivity contribution is -0.118. The number of nitrogens with zero attached hydrogens (tertiary/aromatic N) is 1. The summed E-state index contributed by atoms with van der Waals surface area (Å²) in [5.74, 6) is -1.43. The number of hydrogen-bond acceptors (Lipinski definition) is 2. The maximum Gasteiger partial charge on any atom is 0.229 e. The van der Waals surface area contributed by atoms with Crippen LogP contribution in [0.4, 0.5) is 14.6 Å². The number of pyridine rings is 1. The third kappa shape index (κ3) is 2.71. The lowest BCUT2D eigenvalue weighted by atomic mass is 10.1. The Kier molecular flexibility index (Phi) is 3.43. The van der Waals surface area contributed by atoms with Gasteiger partial charge in [0.2, 0.25) is 5.91 Å². The average molecular weight is 302 g/mol. The summed E-state index contributed by atoms with van der Waals surface area (Å²) in [7, 11) is 0. The molecule has 0 saturated heterocycles. The van der Waals surface area contributed by atoms with E-state index in [9.17, 15) is 13.6 Å². The third-order valence-electron chi connectivity index (χ3n) is 4.11. The zero-order valence-electron chi connectivity index (χ0n) is 12.4. The molecular formula is C17H16F2N2O. The third-order valence-corrected chi connectivity index (χ3v) is 4.11. The van der Waals surface area contributed by atoms with Crippen LogP contribution in [0.3, 0.4) is 0 Å². The van der Waals surface area contributed by atoms with E-state index < -0.39 is 11.6 Å². The maximum absolute atomic E-state index is 13.7. The van der Waals surface area contributed by atoms with E-state index in [0.717, 1.165) is 12.5 Å². The van der Waals surface area contributed by atoms with Crippen molar-refractivity contribution >= 4 is 11.7 Å². The van der Waals surface area contributed by atoms with Crippen LogP contribution in [0.2, 0.25) is 0 Å². The van der Waals surface area contributed by atoms with Crippen molar-refractivity contribution in [3.05, 3.63) is 48.2 Å². The summed E-state index contributed by atoms with van der Waals surface area (Å²) < 4.78 is 27.0. The van der Waals surface area contributed by atoms with Crippen LogP contribution in [-0.4, -0.2) is 10.9 Å². The summed E-state index contributed by atoms with van der Waals surface area (Å²) in [4.78, 5) is 16.1. The molecule has 1 fully saturated rings. The van der Waals surface area contributed by atoms with Gasteiger partial charge in [0.05, 0.1) is 0 Å². The molecule has 1 N–H and O–H groups in total. The molecule has 1 aliphatic rings. The van der Waals surface area contributed by atoms with E-state index >= 15 is 0 Å². The predicted octanol–water partition coefficient (Wildman–Crippen LogP) is 4.01. The van der Waals surface area contributed by atoms with E-state index in [4.69, 9.17) is 0 Å². The molecule has 0 radical (unpaired) electrons. The molecule has 1 amide bonds. The topological polar surface area (TPSA) is 42.0 Å². The summed E-state index contributed by atoms with van der Waals surface area (Å²) in [6.07, 6.45) is 2.29. The Morgan fingerprint density at radius 3 is 2.59 bits per heavy atom. The molecule has 2 aromatic rings. The van der Waals surface area contributed by atoms with Crippen LogP contribution in [0.5, 0.6) is 0 Å². The Balaban J connectivity index is 1.76. The minimum Gasteiger partial charge on any atom is -0.310 e. The summed E-state index contributed by atoms with van der Waals surface area (Å²) in [6.45, 7) is 4.08. The molecule has 0 bridgehead atoms. The molecule has 1 unspecified atom stereocenters. The highest BCUT2D eigenvalue weighted by molar-refractivity contribution is 5.94. The fourth-order valence-corrected chi connectivity index (χ4v) is 2.48. The normalized spacial score (nSPS) is 18.8. The predicted molar refractivity (Wildman–Crippen MR) is 80.1 cm³/mol. The van der Waals surface area contributed by atoms with Crippen molar-refractivity contribution in [2.24, 2.45) is 11.3 Å². The number of amides is 1. The summed E-state index contributed by atoms with van der Waals surface area (Å²) in [6, 6.07) is 7.20. The molecule has 1 atom stereocenters. The molecule has 3 rings (SSSR count). The molecule has 22 heavy (non-hydrogen) atoms. The van der Waals surface area contributed by atoms with Crippen molar-refractivity contribution < 1.29 is 13.6 Å². The SMILES string of the molecule is CC1(C)CC1C(=O)Nc1ccc(-c2cccc(F)c2F)cn1. The lowest BCUT2D eigenvalue weighted by Gasteiger charge is -2.07. The number of nitrogens with one attached hydrogen (secondary N) is 1. The largest absolute Gasteiger partial charge is 0.310 e. The number of rotatable bonds is 3. The Morgan fingerprint density at radius 1 is 1.27 bits per heavy atom. The fraction of sp³-hybridized carbons (Fsp3) is 0.294. The molecule has 3 nitrogen and oxygen atoms in total. The van der Waals surface area contributed by atoms with Gasteiger partial charge in [-0.1, -0.05) is 26.0 Å². The number of hydrogen-bond donors (Lipinski definition) is 1. The molecule has 1 saturated carbocycles. The second-order valence-corrected chi connectivity index (χ2v) is 6.27. The summed E-state index contributed by atoms with van der Waals surface area (Å²) in [5, 5.41) is 2.75. The highest BCUT2D eigenvalue weighted by atomic mass is 19.2. The van der Waals surface area contributed by atoms with Crippen molar-refractivity contribution in [3.63, 3.8) is 0 Å². The van der Waals surface area contributed by atoms with Gasteiger partial charge in [0.1, 0.15) is 5.82 Å². The molecule has 1 heterocycles. The van der Waals surface area contributed by atoms with Gasteiger partial charge in [-0.25, -0.2) is 13.8 Å². The quantitative estimate of drug-likeness (QED) is 0.930. The zero-order chi connectivity index (χ0) is 15.9. The van der Waals surface area contributed by atoms with Gasteiger partial charge in [-0.05, 0) is 30.0 Å². The Labute approximate surface area is 127 Å². The minimum absolute atomic E-state index is 0.00893. The molecule has 1 aliphatic carbocycles. The van der Waals surface area contributed by atoms with Crippen LogP contribution in [0.1, 0.15) is 20.3 Å². The van der Waals surface area contributed by atoms with Crippen molar-refractivity contribution in [2.75, 3.05) is 5.32 Å². The van der Waals surface area contributed by atoms with Gasteiger partial charge >= 0.3 is 0 Å². The van der Waals surface area contributed by atoms with E-state index in [1.54, 1.807) is 12.1 Å². The van der Waals surface area contributed by atoms with E-state index in [-0.39, 0.29) is 22.8 Å². The van der Waals surface area contributed by atoms with Crippen LogP contribution < -0.4 is 5.32 Å². The zero-order valence-corrected chi connectivity index (χ0v) is 12.4. The lowest BCUT2D eigenvalue weighted by Crippen LogP contribution is -2.17. The van der Waals surface area contributed by atoms with Gasteiger partial charge in [0.25, 0.3) is 0 Å². The van der Waals surface area contributed by atoms with Crippen molar-refractivity contribution in [3.8, 4) is 11.1 Å². The van der Waals surface area contributed by atoms with Crippen molar-refractivity contribution in [1.29, 1.82) is 0 Å². The summed E-state index contributed by atoms with van der Waals surface area (Å²) >= 11 is 0. The van der Waals surface area contributed by atoms with E-state index in [1.165, 1.54) is 18.3 Å². The molecular weight excluding hydrogens is 286 g/mol. The number of carbonyl (C=O) groups excluding carboxylic acids is 1. The number of anilines is 1. The van der Waals surface area contributed by atoms with Gasteiger partial charge < -0.3 is 5.32 Å². The van der Waals surface area contributed by atoms with Crippen LogP contribution >= 0.6 is 0 Å². The van der Waals surface area contributed by atoms with Crippen molar-refractivity contribution in [1.82, 2.24) is 4.98 Å². The molecule has 114 valence electrons. The van der Waals surface area contributed by atoms with Crippen LogP contribution in [0, 0.1) is 23.0 Å². The molecule has 5 heteroatoms. The van der Waals surface area contributed by atoms with Crippen molar-refractivity contribution in [2.45, 2.75) is 20.3 Å². The van der Waals surface area contributed by atoms with Gasteiger partial charge in [-0.15, -0.1) is 0 Å². The maximum atomic E-state index is 13.7. The average Bonchev–Trinajstić information content (AvgIpc) is 3.12. The number of aromatic nitrogens is 1. The first-order chi connectivity index (χ1) is 10.4. The molecule has 1 aromatic carbocycles. The van der Waals surface area contributed by atoms with E-state index in [1.807, 2.05) is 13.8 Å². The van der Waals surface area contributed by atoms with E-state index in [0.29, 0.717) is 11.4 Å². The number of carbonyl (C=O) groups is 1. The highest BCUT2D eigenvalue weighted by Gasteiger charge is 2.50. The first-order valence-electron chi connectivity index (χ1n) is 7.10. The minimum atomic E-state index is -0.902. The summed E-state index contributed by atoms with van der Waals surface area (Å²) in [5.41, 5.74) is 0.657. The van der Waals surface area contributed by atoms with Gasteiger partial charge in [-0.3, -0.25) is 4.79 Å². The Morgan fingerprint density at radius 2 is 2.00 bits per heavy atom. The number of benzene rings is 1. The van der Waals surface area contributed by atoms with Crippen LogP contribution in [-0.2, 0) is 4.79 Å². The number of halogens is 2.